The number of Topliss-reactive ketones (excluding diaryl/α,β-unsaturated/α-hetero) is 1. The van der Waals surface area contributed by atoms with Gasteiger partial charge in [0.05, 0.1) is 23.0 Å². The highest BCUT2D eigenvalue weighted by Crippen LogP contribution is 2.25. The summed E-state index contributed by atoms with van der Waals surface area (Å²) >= 11 is 0. The predicted octanol–water partition coefficient (Wildman–Crippen LogP) is 3.39. The summed E-state index contributed by atoms with van der Waals surface area (Å²) in [4.78, 5) is 33.0. The van der Waals surface area contributed by atoms with Crippen molar-refractivity contribution in [3.8, 4) is 11.4 Å². The second-order valence-corrected chi connectivity index (χ2v) is 9.85. The van der Waals surface area contributed by atoms with E-state index in [-0.39, 0.29) is 35.6 Å². The highest BCUT2D eigenvalue weighted by Gasteiger charge is 2.32. The smallest absolute Gasteiger partial charge is 0.243 e. The zero-order chi connectivity index (χ0) is 23.4. The average Bonchev–Trinajstić information content (AvgIpc) is 2.85. The molecule has 1 fully saturated rings. The quantitative estimate of drug-likeness (QED) is 0.560. The summed E-state index contributed by atoms with van der Waals surface area (Å²) in [5, 5.41) is 2.83. The Morgan fingerprint density at radius 3 is 2.27 bits per heavy atom. The van der Waals surface area contributed by atoms with Gasteiger partial charge in [-0.1, -0.05) is 42.5 Å². The van der Waals surface area contributed by atoms with Crippen LogP contribution in [0.4, 0.5) is 5.69 Å². The van der Waals surface area contributed by atoms with E-state index in [0.717, 1.165) is 5.56 Å². The molecule has 1 amide bonds. The van der Waals surface area contributed by atoms with Gasteiger partial charge in [-0.15, -0.1) is 0 Å². The van der Waals surface area contributed by atoms with Crippen molar-refractivity contribution in [3.05, 3.63) is 72.6 Å². The van der Waals surface area contributed by atoms with Crippen LogP contribution >= 0.6 is 0 Å². The molecule has 0 radical (unpaired) electrons. The third kappa shape index (κ3) is 5.15. The molecule has 0 saturated carbocycles. The highest BCUT2D eigenvalue weighted by molar-refractivity contribution is 7.89. The monoisotopic (exact) mass is 464 g/mol. The van der Waals surface area contributed by atoms with E-state index in [0.29, 0.717) is 29.9 Å². The summed E-state index contributed by atoms with van der Waals surface area (Å²) in [7, 11) is -3.73. The Morgan fingerprint density at radius 1 is 0.970 bits per heavy atom. The average molecular weight is 465 g/mol. The number of sulfonamides is 1. The molecular weight excluding hydrogens is 440 g/mol. The second kappa shape index (κ2) is 9.60. The molecule has 0 aliphatic carbocycles. The number of rotatable bonds is 6. The number of nitrogens with one attached hydrogen (secondary N) is 1. The van der Waals surface area contributed by atoms with Gasteiger partial charge in [-0.2, -0.15) is 4.31 Å². The lowest BCUT2D eigenvalue weighted by molar-refractivity contribution is -0.120. The molecular formula is C24H24N4O4S. The summed E-state index contributed by atoms with van der Waals surface area (Å²) in [6, 6.07) is 15.6. The number of anilines is 1. The normalized spacial score (nSPS) is 15.2. The van der Waals surface area contributed by atoms with Crippen LogP contribution in [-0.2, 0) is 14.8 Å². The van der Waals surface area contributed by atoms with Crippen LogP contribution in [0, 0.1) is 5.92 Å². The molecule has 2 aromatic carbocycles. The summed E-state index contributed by atoms with van der Waals surface area (Å²) < 4.78 is 27.3. The Hall–Kier alpha value is -3.43. The van der Waals surface area contributed by atoms with Crippen LogP contribution in [0.3, 0.4) is 0 Å². The summed E-state index contributed by atoms with van der Waals surface area (Å²) in [6.07, 6.45) is 3.94. The molecule has 1 N–H and O–H groups in total. The van der Waals surface area contributed by atoms with Gasteiger partial charge < -0.3 is 5.32 Å². The van der Waals surface area contributed by atoms with Gasteiger partial charge in [-0.05, 0) is 31.9 Å². The van der Waals surface area contributed by atoms with Gasteiger partial charge in [0.25, 0.3) is 0 Å². The number of aromatic nitrogens is 2. The zero-order valence-electron chi connectivity index (χ0n) is 18.1. The standard InChI is InChI=1S/C24H24N4O4S/c1-17(29)20-8-5-9-22(14-20)33(31,32)28-12-10-19(11-13-28)24(30)27-21-15-25-23(26-16-21)18-6-3-2-4-7-18/h2-9,14-16,19H,10-13H2,1H3,(H,27,30). The van der Waals surface area contributed by atoms with Crippen LogP contribution in [0.5, 0.6) is 0 Å². The topological polar surface area (TPSA) is 109 Å². The van der Waals surface area contributed by atoms with Crippen LogP contribution < -0.4 is 5.32 Å². The predicted molar refractivity (Wildman–Crippen MR) is 124 cm³/mol. The second-order valence-electron chi connectivity index (χ2n) is 7.91. The number of ketones is 1. The van der Waals surface area contributed by atoms with Gasteiger partial charge in [-0.3, -0.25) is 9.59 Å². The molecule has 0 bridgehead atoms. The summed E-state index contributed by atoms with van der Waals surface area (Å²) in [5.74, 6) is -0.111. The Morgan fingerprint density at radius 2 is 1.64 bits per heavy atom. The highest BCUT2D eigenvalue weighted by atomic mass is 32.2. The number of benzene rings is 2. The molecule has 33 heavy (non-hydrogen) atoms. The van der Waals surface area contributed by atoms with Gasteiger partial charge in [0, 0.05) is 30.1 Å². The maximum atomic E-state index is 13.0. The third-order valence-electron chi connectivity index (χ3n) is 5.65. The fourth-order valence-corrected chi connectivity index (χ4v) is 5.27. The van der Waals surface area contributed by atoms with Crippen molar-refractivity contribution in [2.24, 2.45) is 5.92 Å². The van der Waals surface area contributed by atoms with Crippen molar-refractivity contribution < 1.29 is 18.0 Å². The first-order chi connectivity index (χ1) is 15.8. The Labute approximate surface area is 192 Å². The Bertz CT molecular complexity index is 1250. The number of amides is 1. The van der Waals surface area contributed by atoms with E-state index in [9.17, 15) is 18.0 Å². The van der Waals surface area contributed by atoms with Gasteiger partial charge in [0.2, 0.25) is 15.9 Å². The van der Waals surface area contributed by atoms with Crippen molar-refractivity contribution in [2.75, 3.05) is 18.4 Å². The van der Waals surface area contributed by atoms with Crippen molar-refractivity contribution in [3.63, 3.8) is 0 Å². The maximum absolute atomic E-state index is 13.0. The number of piperidine rings is 1. The molecule has 2 heterocycles. The molecule has 0 unspecified atom stereocenters. The van der Waals surface area contributed by atoms with E-state index in [1.165, 1.54) is 23.4 Å². The van der Waals surface area contributed by atoms with Crippen molar-refractivity contribution in [1.82, 2.24) is 14.3 Å². The molecule has 0 spiro atoms. The van der Waals surface area contributed by atoms with E-state index >= 15 is 0 Å². The molecule has 1 saturated heterocycles. The fourth-order valence-electron chi connectivity index (χ4n) is 3.76. The minimum absolute atomic E-state index is 0.0914. The molecule has 4 rings (SSSR count). The first-order valence-electron chi connectivity index (χ1n) is 10.6. The minimum Gasteiger partial charge on any atom is -0.323 e. The van der Waals surface area contributed by atoms with Gasteiger partial charge in [-0.25, -0.2) is 18.4 Å². The summed E-state index contributed by atoms with van der Waals surface area (Å²) in [5.41, 5.74) is 1.74. The number of hydrogen-bond donors (Lipinski definition) is 1. The molecule has 0 atom stereocenters. The van der Waals surface area contributed by atoms with Crippen LogP contribution in [-0.4, -0.2) is 47.5 Å². The van der Waals surface area contributed by atoms with Gasteiger partial charge >= 0.3 is 0 Å². The number of carbonyl (C=O) groups is 2. The molecule has 8 nitrogen and oxygen atoms in total. The first kappa shape index (κ1) is 22.8. The maximum Gasteiger partial charge on any atom is 0.243 e. The minimum atomic E-state index is -3.73. The van der Waals surface area contributed by atoms with E-state index < -0.39 is 10.0 Å². The molecule has 1 aromatic heterocycles. The van der Waals surface area contributed by atoms with Crippen molar-refractivity contribution in [1.29, 1.82) is 0 Å². The van der Waals surface area contributed by atoms with Crippen molar-refractivity contribution >= 4 is 27.4 Å². The molecule has 9 heteroatoms. The van der Waals surface area contributed by atoms with Crippen LogP contribution in [0.15, 0.2) is 71.9 Å². The summed E-state index contributed by atoms with van der Waals surface area (Å²) in [6.45, 7) is 1.86. The van der Waals surface area contributed by atoms with E-state index in [1.54, 1.807) is 24.5 Å². The SMILES string of the molecule is CC(=O)c1cccc(S(=O)(=O)N2CCC(C(=O)Nc3cnc(-c4ccccc4)nc3)CC2)c1. The largest absolute Gasteiger partial charge is 0.323 e. The zero-order valence-corrected chi connectivity index (χ0v) is 19.0. The number of carbonyl (C=O) groups excluding carboxylic acids is 2. The van der Waals surface area contributed by atoms with Crippen LogP contribution in [0.1, 0.15) is 30.1 Å². The number of hydrogen-bond acceptors (Lipinski definition) is 6. The fraction of sp³-hybridized carbons (Fsp3) is 0.250. The lowest BCUT2D eigenvalue weighted by Crippen LogP contribution is -2.41. The van der Waals surface area contributed by atoms with E-state index in [1.807, 2.05) is 30.3 Å². The molecule has 1 aliphatic heterocycles. The van der Waals surface area contributed by atoms with Gasteiger partial charge in [0.1, 0.15) is 0 Å². The lowest BCUT2D eigenvalue weighted by Gasteiger charge is -2.30. The molecule has 3 aromatic rings. The van der Waals surface area contributed by atoms with E-state index in [2.05, 4.69) is 15.3 Å². The molecule has 1 aliphatic rings. The molecule has 170 valence electrons. The Balaban J connectivity index is 1.36. The van der Waals surface area contributed by atoms with Crippen molar-refractivity contribution in [2.45, 2.75) is 24.7 Å². The van der Waals surface area contributed by atoms with Gasteiger partial charge in [0.15, 0.2) is 11.6 Å². The van der Waals surface area contributed by atoms with Crippen LogP contribution in [0.25, 0.3) is 11.4 Å². The van der Waals surface area contributed by atoms with E-state index in [4.69, 9.17) is 0 Å². The van der Waals surface area contributed by atoms with Crippen LogP contribution in [0.2, 0.25) is 0 Å². The lowest BCUT2D eigenvalue weighted by atomic mass is 9.97. The Kier molecular flexibility index (Phi) is 6.62. The number of nitrogens with zero attached hydrogens (tertiary/aromatic N) is 3. The third-order valence-corrected chi connectivity index (χ3v) is 7.55. The first-order valence-corrected chi connectivity index (χ1v) is 12.1.